The molecule has 4 heterocycles. The van der Waals surface area contributed by atoms with E-state index in [1.807, 2.05) is 0 Å². The summed E-state index contributed by atoms with van der Waals surface area (Å²) in [5.74, 6) is -2.62. The predicted molar refractivity (Wildman–Crippen MR) is 119 cm³/mol. The smallest absolute Gasteiger partial charge is 0.406 e. The molecule has 1 aromatic carbocycles. The van der Waals surface area contributed by atoms with E-state index in [2.05, 4.69) is 31.0 Å². The average molecular weight is 503 g/mol. The number of carbonyl (C=O) groups is 2. The van der Waals surface area contributed by atoms with Crippen LogP contribution in [-0.2, 0) is 9.59 Å². The Hall–Kier alpha value is -4.20. The maximum Gasteiger partial charge on any atom is 0.406 e. The first-order valence-corrected chi connectivity index (χ1v) is 10.8. The van der Waals surface area contributed by atoms with Crippen molar-refractivity contribution in [2.24, 2.45) is 0 Å². The molecule has 0 spiro atoms. The molecule has 14 heteroatoms. The van der Waals surface area contributed by atoms with Gasteiger partial charge >= 0.3 is 6.18 Å². The quantitative estimate of drug-likeness (QED) is 0.490. The third-order valence-electron chi connectivity index (χ3n) is 5.89. The van der Waals surface area contributed by atoms with E-state index in [9.17, 15) is 22.8 Å². The third-order valence-corrected chi connectivity index (χ3v) is 5.89. The molecule has 0 bridgehead atoms. The van der Waals surface area contributed by atoms with Gasteiger partial charge in [-0.25, -0.2) is 15.4 Å². The summed E-state index contributed by atoms with van der Waals surface area (Å²) in [6.45, 7) is 2.82. The number of oxazole rings is 1. The predicted octanol–water partition coefficient (Wildman–Crippen LogP) is 2.31. The van der Waals surface area contributed by atoms with Crippen molar-refractivity contribution in [3.05, 3.63) is 47.5 Å². The summed E-state index contributed by atoms with van der Waals surface area (Å²) in [5.41, 5.74) is 2.92. The zero-order valence-corrected chi connectivity index (χ0v) is 19.2. The molecular weight excluding hydrogens is 483 g/mol. The largest absolute Gasteiger partial charge is 0.479 e. The number of rotatable bonds is 4. The highest BCUT2D eigenvalue weighted by atomic mass is 19.4. The van der Waals surface area contributed by atoms with Crippen molar-refractivity contribution in [2.75, 3.05) is 12.4 Å². The number of nitrogens with one attached hydrogen (secondary N) is 3. The lowest BCUT2D eigenvalue weighted by atomic mass is 9.89. The van der Waals surface area contributed by atoms with Crippen LogP contribution >= 0.6 is 0 Å². The fourth-order valence-corrected chi connectivity index (χ4v) is 4.41. The van der Waals surface area contributed by atoms with Gasteiger partial charge in [-0.05, 0) is 12.5 Å². The van der Waals surface area contributed by atoms with Gasteiger partial charge in [-0.2, -0.15) is 23.1 Å². The van der Waals surface area contributed by atoms with Crippen LogP contribution in [0, 0.1) is 0 Å². The molecule has 0 saturated carbocycles. The van der Waals surface area contributed by atoms with Gasteiger partial charge < -0.3 is 14.5 Å². The van der Waals surface area contributed by atoms with Crippen molar-refractivity contribution in [3.63, 3.8) is 0 Å². The number of fused-ring (bicyclic) bond motifs is 2. The van der Waals surface area contributed by atoms with Crippen LogP contribution in [0.3, 0.4) is 0 Å². The van der Waals surface area contributed by atoms with E-state index in [-0.39, 0.29) is 40.2 Å². The first kappa shape index (κ1) is 23.5. The number of amides is 2. The molecule has 2 aliphatic rings. The number of nitrogens with zero attached hydrogens (tertiary/aromatic N) is 4. The minimum absolute atomic E-state index is 0.0216. The minimum Gasteiger partial charge on any atom is -0.479 e. The summed E-state index contributed by atoms with van der Waals surface area (Å²) in [4.78, 5) is 37.2. The van der Waals surface area contributed by atoms with Gasteiger partial charge in [0.05, 0.1) is 13.0 Å². The molecule has 2 amide bonds. The highest BCUT2D eigenvalue weighted by Gasteiger charge is 2.58. The van der Waals surface area contributed by atoms with Crippen molar-refractivity contribution in [2.45, 2.75) is 38.1 Å². The van der Waals surface area contributed by atoms with Crippen molar-refractivity contribution < 1.29 is 31.9 Å². The highest BCUT2D eigenvalue weighted by Crippen LogP contribution is 2.42. The van der Waals surface area contributed by atoms with E-state index in [4.69, 9.17) is 9.15 Å². The summed E-state index contributed by atoms with van der Waals surface area (Å²) >= 11 is 0. The number of benzene rings is 1. The molecule has 3 atom stereocenters. The van der Waals surface area contributed by atoms with E-state index in [0.29, 0.717) is 5.56 Å². The van der Waals surface area contributed by atoms with Gasteiger partial charge in [-0.15, -0.1) is 0 Å². The van der Waals surface area contributed by atoms with Crippen LogP contribution in [0.25, 0.3) is 16.8 Å². The first-order valence-electron chi connectivity index (χ1n) is 10.8. The molecule has 2 aromatic heterocycles. The molecule has 3 N–H and O–H groups in total. The van der Waals surface area contributed by atoms with E-state index in [1.165, 1.54) is 14.0 Å². The summed E-state index contributed by atoms with van der Waals surface area (Å²) in [6, 6.07) is 6.17. The van der Waals surface area contributed by atoms with Gasteiger partial charge in [0, 0.05) is 12.6 Å². The van der Waals surface area contributed by atoms with E-state index < -0.39 is 36.1 Å². The Morgan fingerprint density at radius 1 is 1.19 bits per heavy atom. The summed E-state index contributed by atoms with van der Waals surface area (Å²) in [6.07, 6.45) is -5.64. The minimum atomic E-state index is -4.63. The molecule has 1 fully saturated rings. The standard InChI is InChI=1S/C22H20F3N7O4/c1-9-12(17-28-14-18(35-3)29-21(27-10(2)33)30-19(14)36-17)20(34)32-16(26-9)13(11-7-5-4-6-8-11)15(31-32)22(23,24)25/h4-8,13,15-16,26,31H,1-3H3,(H,27,29,30,33). The molecule has 3 unspecified atom stereocenters. The number of aromatic nitrogens is 3. The summed E-state index contributed by atoms with van der Waals surface area (Å²) in [5, 5.41) is 6.33. The van der Waals surface area contributed by atoms with Gasteiger partial charge in [-0.1, -0.05) is 30.3 Å². The van der Waals surface area contributed by atoms with Gasteiger partial charge in [-0.3, -0.25) is 14.9 Å². The lowest BCUT2D eigenvalue weighted by Crippen LogP contribution is -2.54. The van der Waals surface area contributed by atoms with Gasteiger partial charge in [0.2, 0.25) is 23.6 Å². The van der Waals surface area contributed by atoms with Crippen LogP contribution in [0.15, 0.2) is 40.4 Å². The van der Waals surface area contributed by atoms with Gasteiger partial charge in [0.15, 0.2) is 5.52 Å². The van der Waals surface area contributed by atoms with E-state index in [0.717, 1.165) is 5.01 Å². The van der Waals surface area contributed by atoms with Crippen molar-refractivity contribution in [1.29, 1.82) is 0 Å². The number of hydrogen-bond donors (Lipinski definition) is 3. The van der Waals surface area contributed by atoms with E-state index >= 15 is 0 Å². The number of halogens is 3. The SMILES string of the molecule is COc1nc(NC(C)=O)nc2oc(C3=C(C)NC4C(c5ccccc5)C(C(F)(F)F)NN4C3=O)nc12. The van der Waals surface area contributed by atoms with Crippen LogP contribution in [0.1, 0.15) is 31.2 Å². The Labute approximate surface area is 201 Å². The topological polar surface area (TPSA) is 135 Å². The Balaban J connectivity index is 1.57. The van der Waals surface area contributed by atoms with Crippen LogP contribution in [0.5, 0.6) is 5.88 Å². The molecule has 5 rings (SSSR count). The van der Waals surface area contributed by atoms with Crippen LogP contribution in [0.4, 0.5) is 19.1 Å². The fourth-order valence-electron chi connectivity index (χ4n) is 4.41. The van der Waals surface area contributed by atoms with Crippen molar-refractivity contribution >= 4 is 34.6 Å². The Morgan fingerprint density at radius 2 is 1.92 bits per heavy atom. The number of allylic oxidation sites excluding steroid dienone is 1. The number of ether oxygens (including phenoxy) is 1. The zero-order valence-electron chi connectivity index (χ0n) is 19.2. The molecule has 1 saturated heterocycles. The number of carbonyl (C=O) groups excluding carboxylic acids is 2. The van der Waals surface area contributed by atoms with Gasteiger partial charge in [0.1, 0.15) is 17.8 Å². The molecule has 36 heavy (non-hydrogen) atoms. The van der Waals surface area contributed by atoms with Crippen molar-refractivity contribution in [3.8, 4) is 5.88 Å². The normalized spacial score (nSPS) is 22.0. The van der Waals surface area contributed by atoms with E-state index in [1.54, 1.807) is 37.3 Å². The zero-order chi connectivity index (χ0) is 25.8. The molecule has 0 radical (unpaired) electrons. The number of alkyl halides is 3. The fraction of sp³-hybridized carbons (Fsp3) is 0.318. The summed E-state index contributed by atoms with van der Waals surface area (Å²) in [7, 11) is 1.32. The number of anilines is 1. The lowest BCUT2D eigenvalue weighted by Gasteiger charge is -2.34. The molecular formula is C22H20F3N7O4. The monoisotopic (exact) mass is 503 g/mol. The molecule has 188 valence electrons. The third kappa shape index (κ3) is 3.88. The second kappa shape index (κ2) is 8.48. The number of hydrazine groups is 1. The molecule has 3 aromatic rings. The Morgan fingerprint density at radius 3 is 2.56 bits per heavy atom. The highest BCUT2D eigenvalue weighted by molar-refractivity contribution is 6.20. The number of methoxy groups -OCH3 is 1. The van der Waals surface area contributed by atoms with Crippen LogP contribution in [-0.4, -0.2) is 57.3 Å². The Bertz CT molecular complexity index is 1390. The van der Waals surface area contributed by atoms with Crippen LogP contribution in [0.2, 0.25) is 0 Å². The maximum atomic E-state index is 14.0. The second-order valence-corrected chi connectivity index (χ2v) is 8.26. The molecule has 0 aliphatic carbocycles. The maximum absolute atomic E-state index is 14.0. The van der Waals surface area contributed by atoms with Crippen LogP contribution < -0.4 is 20.8 Å². The second-order valence-electron chi connectivity index (χ2n) is 8.26. The average Bonchev–Trinajstić information content (AvgIpc) is 3.40. The number of hydrogen-bond acceptors (Lipinski definition) is 9. The summed E-state index contributed by atoms with van der Waals surface area (Å²) < 4.78 is 52.9. The molecule has 11 nitrogen and oxygen atoms in total. The van der Waals surface area contributed by atoms with Gasteiger partial charge in [0.25, 0.3) is 11.6 Å². The first-order chi connectivity index (χ1) is 17.1. The van der Waals surface area contributed by atoms with Crippen molar-refractivity contribution in [1.82, 2.24) is 30.7 Å². The molecule has 2 aliphatic heterocycles. The Kier molecular flexibility index (Phi) is 5.54. The lowest BCUT2D eigenvalue weighted by molar-refractivity contribution is -0.161.